The number of nitrogens with zero attached hydrogens (tertiary/aromatic N) is 1. The summed E-state index contributed by atoms with van der Waals surface area (Å²) >= 11 is 5.89. The first-order valence-corrected chi connectivity index (χ1v) is 7.57. The van der Waals surface area contributed by atoms with Gasteiger partial charge in [0, 0.05) is 22.8 Å². The Morgan fingerprint density at radius 2 is 1.83 bits per heavy atom. The lowest BCUT2D eigenvalue weighted by molar-refractivity contribution is -0.384. The van der Waals surface area contributed by atoms with Crippen molar-refractivity contribution in [1.82, 2.24) is 0 Å². The Morgan fingerprint density at radius 3 is 2.39 bits per heavy atom. The Labute approximate surface area is 139 Å². The highest BCUT2D eigenvalue weighted by atomic mass is 35.5. The Hall–Kier alpha value is -2.40. The molecule has 0 saturated carbocycles. The van der Waals surface area contributed by atoms with Gasteiger partial charge in [0.25, 0.3) is 5.69 Å². The number of nitro groups is 1. The molecular weight excluding hydrogens is 316 g/mol. The van der Waals surface area contributed by atoms with Crippen molar-refractivity contribution >= 4 is 28.9 Å². The molecule has 0 aromatic heterocycles. The lowest BCUT2D eigenvalue weighted by atomic mass is 9.87. The fourth-order valence-electron chi connectivity index (χ4n) is 2.43. The quantitative estimate of drug-likeness (QED) is 0.641. The van der Waals surface area contributed by atoms with Crippen LogP contribution in [-0.2, 0) is 4.79 Å². The summed E-state index contributed by atoms with van der Waals surface area (Å²) in [6.45, 7) is 3.90. The van der Waals surface area contributed by atoms with E-state index in [-0.39, 0.29) is 23.4 Å². The van der Waals surface area contributed by atoms with Crippen molar-refractivity contribution < 1.29 is 9.72 Å². The number of nitrogens with one attached hydrogen (secondary N) is 1. The number of carbonyl (C=O) groups is 1. The van der Waals surface area contributed by atoms with Crippen molar-refractivity contribution in [3.05, 3.63) is 69.2 Å². The maximum absolute atomic E-state index is 12.6. The molecule has 0 unspecified atom stereocenters. The second-order valence-corrected chi connectivity index (χ2v) is 6.01. The molecule has 0 aliphatic rings. The predicted octanol–water partition coefficient (Wildman–Crippen LogP) is 4.63. The first-order valence-electron chi connectivity index (χ1n) is 7.19. The molecule has 2 rings (SSSR count). The molecule has 5 nitrogen and oxygen atoms in total. The number of anilines is 1. The highest BCUT2D eigenvalue weighted by Gasteiger charge is 2.24. The number of hydrogen-bond donors (Lipinski definition) is 1. The van der Waals surface area contributed by atoms with Crippen LogP contribution in [0.2, 0.25) is 5.02 Å². The first-order chi connectivity index (χ1) is 10.9. The molecule has 0 aliphatic heterocycles. The minimum atomic E-state index is -0.491. The predicted molar refractivity (Wildman–Crippen MR) is 90.8 cm³/mol. The van der Waals surface area contributed by atoms with E-state index in [1.807, 2.05) is 26.0 Å². The second-order valence-electron chi connectivity index (χ2n) is 5.57. The van der Waals surface area contributed by atoms with Crippen LogP contribution in [0, 0.1) is 16.0 Å². The van der Waals surface area contributed by atoms with Gasteiger partial charge in [-0.05, 0) is 29.7 Å². The number of rotatable bonds is 5. The summed E-state index contributed by atoms with van der Waals surface area (Å²) in [6.07, 6.45) is 0. The smallest absolute Gasteiger partial charge is 0.271 e. The van der Waals surface area contributed by atoms with Crippen LogP contribution in [0.25, 0.3) is 0 Å². The Kier molecular flexibility index (Phi) is 5.34. The van der Waals surface area contributed by atoms with Gasteiger partial charge in [0.15, 0.2) is 0 Å². The SMILES string of the molecule is CC(C)[C@H](C(=O)Nc1cccc([N+](=O)[O-])c1)c1ccc(Cl)cc1. The van der Waals surface area contributed by atoms with E-state index in [4.69, 9.17) is 11.6 Å². The molecular formula is C17H17ClN2O3. The summed E-state index contributed by atoms with van der Waals surface area (Å²) in [5.41, 5.74) is 1.20. The Bertz CT molecular complexity index is 714. The molecule has 1 amide bonds. The van der Waals surface area contributed by atoms with Crippen LogP contribution in [0.4, 0.5) is 11.4 Å². The van der Waals surface area contributed by atoms with E-state index < -0.39 is 4.92 Å². The van der Waals surface area contributed by atoms with Crippen LogP contribution in [0.5, 0.6) is 0 Å². The zero-order valence-corrected chi connectivity index (χ0v) is 13.6. The number of benzene rings is 2. The van der Waals surface area contributed by atoms with Gasteiger partial charge in [-0.2, -0.15) is 0 Å². The number of nitro benzene ring substituents is 1. The van der Waals surface area contributed by atoms with Gasteiger partial charge in [-0.3, -0.25) is 14.9 Å². The fourth-order valence-corrected chi connectivity index (χ4v) is 2.55. The van der Waals surface area contributed by atoms with Crippen LogP contribution in [-0.4, -0.2) is 10.8 Å². The van der Waals surface area contributed by atoms with Gasteiger partial charge in [-0.1, -0.05) is 43.6 Å². The maximum Gasteiger partial charge on any atom is 0.271 e. The van der Waals surface area contributed by atoms with E-state index in [1.165, 1.54) is 12.1 Å². The van der Waals surface area contributed by atoms with Gasteiger partial charge < -0.3 is 5.32 Å². The molecule has 0 saturated heterocycles. The molecule has 120 valence electrons. The third-order valence-electron chi connectivity index (χ3n) is 3.50. The molecule has 0 spiro atoms. The van der Waals surface area contributed by atoms with Crippen LogP contribution < -0.4 is 5.32 Å². The van der Waals surface area contributed by atoms with Crippen molar-refractivity contribution in [1.29, 1.82) is 0 Å². The van der Waals surface area contributed by atoms with Crippen LogP contribution in [0.1, 0.15) is 25.3 Å². The molecule has 1 N–H and O–H groups in total. The molecule has 1 atom stereocenters. The summed E-state index contributed by atoms with van der Waals surface area (Å²) in [7, 11) is 0. The molecule has 0 heterocycles. The van der Waals surface area contributed by atoms with E-state index in [1.54, 1.807) is 24.3 Å². The normalized spacial score (nSPS) is 12.0. The summed E-state index contributed by atoms with van der Waals surface area (Å²) < 4.78 is 0. The summed E-state index contributed by atoms with van der Waals surface area (Å²) in [5, 5.41) is 14.2. The molecule has 0 aliphatic carbocycles. The minimum Gasteiger partial charge on any atom is -0.325 e. The Balaban J connectivity index is 2.23. The van der Waals surface area contributed by atoms with Crippen molar-refractivity contribution in [2.24, 2.45) is 5.92 Å². The zero-order chi connectivity index (χ0) is 17.0. The van der Waals surface area contributed by atoms with Gasteiger partial charge >= 0.3 is 0 Å². The highest BCUT2D eigenvalue weighted by molar-refractivity contribution is 6.30. The molecule has 2 aromatic carbocycles. The van der Waals surface area contributed by atoms with Crippen LogP contribution in [0.3, 0.4) is 0 Å². The van der Waals surface area contributed by atoms with Crippen LogP contribution >= 0.6 is 11.6 Å². The number of hydrogen-bond acceptors (Lipinski definition) is 3. The molecule has 0 fully saturated rings. The molecule has 23 heavy (non-hydrogen) atoms. The monoisotopic (exact) mass is 332 g/mol. The van der Waals surface area contributed by atoms with Gasteiger partial charge in [0.2, 0.25) is 5.91 Å². The van der Waals surface area contributed by atoms with E-state index >= 15 is 0 Å². The standard InChI is InChI=1S/C17H17ClN2O3/c1-11(2)16(12-6-8-13(18)9-7-12)17(21)19-14-4-3-5-15(10-14)20(22)23/h3-11,16H,1-2H3,(H,19,21)/t16-/m0/s1. The van der Waals surface area contributed by atoms with E-state index in [9.17, 15) is 14.9 Å². The lowest BCUT2D eigenvalue weighted by Gasteiger charge is -2.21. The Morgan fingerprint density at radius 1 is 1.17 bits per heavy atom. The van der Waals surface area contributed by atoms with E-state index in [2.05, 4.69) is 5.32 Å². The van der Waals surface area contributed by atoms with E-state index in [0.29, 0.717) is 10.7 Å². The molecule has 0 radical (unpaired) electrons. The van der Waals surface area contributed by atoms with Gasteiger partial charge in [0.05, 0.1) is 10.8 Å². The topological polar surface area (TPSA) is 72.2 Å². The van der Waals surface area contributed by atoms with Gasteiger partial charge in [-0.15, -0.1) is 0 Å². The van der Waals surface area contributed by atoms with Crippen molar-refractivity contribution in [2.45, 2.75) is 19.8 Å². The average Bonchev–Trinajstić information content (AvgIpc) is 2.49. The lowest BCUT2D eigenvalue weighted by Crippen LogP contribution is -2.25. The average molecular weight is 333 g/mol. The molecule has 0 bridgehead atoms. The first kappa shape index (κ1) is 17.0. The van der Waals surface area contributed by atoms with Crippen molar-refractivity contribution in [3.8, 4) is 0 Å². The fraction of sp³-hybridized carbons (Fsp3) is 0.235. The maximum atomic E-state index is 12.6. The zero-order valence-electron chi connectivity index (χ0n) is 12.8. The summed E-state index contributed by atoms with van der Waals surface area (Å²) in [6, 6.07) is 13.0. The number of amides is 1. The summed E-state index contributed by atoms with van der Waals surface area (Å²) in [4.78, 5) is 22.9. The third-order valence-corrected chi connectivity index (χ3v) is 3.75. The number of carbonyl (C=O) groups excluding carboxylic acids is 1. The number of halogens is 1. The van der Waals surface area contributed by atoms with Crippen LogP contribution in [0.15, 0.2) is 48.5 Å². The highest BCUT2D eigenvalue weighted by Crippen LogP contribution is 2.28. The molecule has 6 heteroatoms. The second kappa shape index (κ2) is 7.24. The minimum absolute atomic E-state index is 0.0598. The van der Waals surface area contributed by atoms with Gasteiger partial charge in [-0.25, -0.2) is 0 Å². The number of non-ortho nitro benzene ring substituents is 1. The van der Waals surface area contributed by atoms with E-state index in [0.717, 1.165) is 5.56 Å². The van der Waals surface area contributed by atoms with Crippen molar-refractivity contribution in [3.63, 3.8) is 0 Å². The van der Waals surface area contributed by atoms with Crippen molar-refractivity contribution in [2.75, 3.05) is 5.32 Å². The van der Waals surface area contributed by atoms with Gasteiger partial charge in [0.1, 0.15) is 0 Å². The third kappa shape index (κ3) is 4.29. The largest absolute Gasteiger partial charge is 0.325 e. The molecule has 2 aromatic rings. The summed E-state index contributed by atoms with van der Waals surface area (Å²) in [5.74, 6) is -0.510.